The molecule has 0 aliphatic carbocycles. The van der Waals surface area contributed by atoms with Crippen molar-refractivity contribution in [2.24, 2.45) is 0 Å². The molecule has 0 fully saturated rings. The van der Waals surface area contributed by atoms with Gasteiger partial charge in [0, 0.05) is 33.7 Å². The number of methoxy groups -OCH3 is 2. The summed E-state index contributed by atoms with van der Waals surface area (Å²) in [5.41, 5.74) is 0. The summed E-state index contributed by atoms with van der Waals surface area (Å²) < 4.78 is 9.92. The lowest BCUT2D eigenvalue weighted by Gasteiger charge is -2.25. The second-order valence-electron chi connectivity index (χ2n) is 3.00. The molecule has 0 spiro atoms. The Labute approximate surface area is 74.7 Å². The van der Waals surface area contributed by atoms with E-state index in [0.29, 0.717) is 19.4 Å². The van der Waals surface area contributed by atoms with Crippen LogP contribution in [0.5, 0.6) is 0 Å². The molecule has 0 bridgehead atoms. The first-order valence-electron chi connectivity index (χ1n) is 4.45. The molecular formula is C9H20O3. The minimum absolute atomic E-state index is 0.644. The van der Waals surface area contributed by atoms with Gasteiger partial charge in [-0.1, -0.05) is 13.3 Å². The Morgan fingerprint density at radius 1 is 1.25 bits per heavy atom. The van der Waals surface area contributed by atoms with Crippen molar-refractivity contribution < 1.29 is 14.6 Å². The van der Waals surface area contributed by atoms with E-state index >= 15 is 0 Å². The molecule has 74 valence electrons. The SMILES string of the molecule is CCCC(O)(CCCOC)OC. The minimum Gasteiger partial charge on any atom is -0.385 e. The zero-order valence-electron chi connectivity index (χ0n) is 8.30. The lowest BCUT2D eigenvalue weighted by molar-refractivity contribution is -0.195. The van der Waals surface area contributed by atoms with Crippen molar-refractivity contribution in [2.75, 3.05) is 20.8 Å². The van der Waals surface area contributed by atoms with Crippen molar-refractivity contribution >= 4 is 0 Å². The first-order chi connectivity index (χ1) is 5.68. The van der Waals surface area contributed by atoms with Crippen molar-refractivity contribution in [3.63, 3.8) is 0 Å². The van der Waals surface area contributed by atoms with Crippen LogP contribution in [0.15, 0.2) is 0 Å². The Bertz CT molecular complexity index is 106. The van der Waals surface area contributed by atoms with Crippen LogP contribution in [0.25, 0.3) is 0 Å². The van der Waals surface area contributed by atoms with Gasteiger partial charge >= 0.3 is 0 Å². The van der Waals surface area contributed by atoms with E-state index in [9.17, 15) is 5.11 Å². The number of hydrogen-bond acceptors (Lipinski definition) is 3. The smallest absolute Gasteiger partial charge is 0.165 e. The predicted octanol–water partition coefficient (Wildman–Crippen LogP) is 1.55. The van der Waals surface area contributed by atoms with Gasteiger partial charge in [-0.3, -0.25) is 0 Å². The Balaban J connectivity index is 3.63. The lowest BCUT2D eigenvalue weighted by atomic mass is 10.1. The Kier molecular flexibility index (Phi) is 6.34. The largest absolute Gasteiger partial charge is 0.385 e. The van der Waals surface area contributed by atoms with Gasteiger partial charge in [-0.2, -0.15) is 0 Å². The molecule has 0 saturated heterocycles. The van der Waals surface area contributed by atoms with Gasteiger partial charge in [0.2, 0.25) is 0 Å². The molecular weight excluding hydrogens is 156 g/mol. The minimum atomic E-state index is -0.937. The zero-order valence-corrected chi connectivity index (χ0v) is 8.30. The van der Waals surface area contributed by atoms with Crippen LogP contribution in [0.4, 0.5) is 0 Å². The Morgan fingerprint density at radius 3 is 2.33 bits per heavy atom. The van der Waals surface area contributed by atoms with E-state index in [4.69, 9.17) is 9.47 Å². The maximum atomic E-state index is 9.77. The molecule has 0 rings (SSSR count). The summed E-state index contributed by atoms with van der Waals surface area (Å²) in [5.74, 6) is -0.937. The molecule has 3 nitrogen and oxygen atoms in total. The highest BCUT2D eigenvalue weighted by Gasteiger charge is 2.23. The van der Waals surface area contributed by atoms with Crippen LogP contribution >= 0.6 is 0 Å². The molecule has 12 heavy (non-hydrogen) atoms. The van der Waals surface area contributed by atoms with Gasteiger partial charge in [0.25, 0.3) is 0 Å². The van der Waals surface area contributed by atoms with Gasteiger partial charge in [0.05, 0.1) is 0 Å². The van der Waals surface area contributed by atoms with Crippen molar-refractivity contribution in [1.29, 1.82) is 0 Å². The molecule has 0 saturated carbocycles. The number of rotatable bonds is 7. The maximum absolute atomic E-state index is 9.77. The normalized spacial score (nSPS) is 16.0. The summed E-state index contributed by atoms with van der Waals surface area (Å²) in [6, 6.07) is 0. The van der Waals surface area contributed by atoms with Gasteiger partial charge in [0.15, 0.2) is 5.79 Å². The van der Waals surface area contributed by atoms with E-state index in [1.807, 2.05) is 6.92 Å². The van der Waals surface area contributed by atoms with Crippen LogP contribution < -0.4 is 0 Å². The molecule has 0 radical (unpaired) electrons. The second-order valence-corrected chi connectivity index (χ2v) is 3.00. The van der Waals surface area contributed by atoms with Gasteiger partial charge in [0.1, 0.15) is 0 Å². The molecule has 0 aromatic carbocycles. The fourth-order valence-corrected chi connectivity index (χ4v) is 1.21. The third kappa shape index (κ3) is 4.70. The number of hydrogen-bond donors (Lipinski definition) is 1. The quantitative estimate of drug-likeness (QED) is 0.472. The monoisotopic (exact) mass is 176 g/mol. The number of aliphatic hydroxyl groups is 1. The molecule has 0 aromatic heterocycles. The number of ether oxygens (including phenoxy) is 2. The molecule has 1 unspecified atom stereocenters. The topological polar surface area (TPSA) is 38.7 Å². The maximum Gasteiger partial charge on any atom is 0.165 e. The summed E-state index contributed by atoms with van der Waals surface area (Å²) in [7, 11) is 3.20. The van der Waals surface area contributed by atoms with Crippen LogP contribution in [0.3, 0.4) is 0 Å². The molecule has 1 atom stereocenters. The fourth-order valence-electron chi connectivity index (χ4n) is 1.21. The summed E-state index contributed by atoms with van der Waals surface area (Å²) in [5, 5.41) is 9.77. The Hall–Kier alpha value is -0.120. The summed E-state index contributed by atoms with van der Waals surface area (Å²) in [6.45, 7) is 2.70. The van der Waals surface area contributed by atoms with E-state index in [-0.39, 0.29) is 0 Å². The first-order valence-corrected chi connectivity index (χ1v) is 4.45. The van der Waals surface area contributed by atoms with E-state index < -0.39 is 5.79 Å². The van der Waals surface area contributed by atoms with Gasteiger partial charge in [-0.25, -0.2) is 0 Å². The Morgan fingerprint density at radius 2 is 1.92 bits per heavy atom. The highest BCUT2D eigenvalue weighted by Crippen LogP contribution is 2.19. The van der Waals surface area contributed by atoms with Crippen LogP contribution in [0.2, 0.25) is 0 Å². The first kappa shape index (κ1) is 11.9. The molecule has 0 aromatic rings. The van der Waals surface area contributed by atoms with Crippen molar-refractivity contribution in [2.45, 2.75) is 38.4 Å². The molecule has 0 heterocycles. The van der Waals surface area contributed by atoms with E-state index in [1.54, 1.807) is 14.2 Å². The van der Waals surface area contributed by atoms with Crippen LogP contribution in [-0.2, 0) is 9.47 Å². The van der Waals surface area contributed by atoms with Gasteiger partial charge in [-0.05, 0) is 6.42 Å². The van der Waals surface area contributed by atoms with E-state index in [0.717, 1.165) is 12.8 Å². The average molecular weight is 176 g/mol. The summed E-state index contributed by atoms with van der Waals surface area (Å²) >= 11 is 0. The molecule has 3 heteroatoms. The molecule has 0 aliphatic heterocycles. The van der Waals surface area contributed by atoms with Crippen LogP contribution in [0.1, 0.15) is 32.6 Å². The third-order valence-electron chi connectivity index (χ3n) is 1.94. The van der Waals surface area contributed by atoms with Crippen LogP contribution in [0, 0.1) is 0 Å². The van der Waals surface area contributed by atoms with E-state index in [1.165, 1.54) is 0 Å². The third-order valence-corrected chi connectivity index (χ3v) is 1.94. The van der Waals surface area contributed by atoms with Crippen molar-refractivity contribution in [3.05, 3.63) is 0 Å². The second kappa shape index (κ2) is 6.40. The molecule has 0 aliphatic rings. The lowest BCUT2D eigenvalue weighted by Crippen LogP contribution is -2.30. The fraction of sp³-hybridized carbons (Fsp3) is 1.00. The highest BCUT2D eigenvalue weighted by atomic mass is 16.6. The highest BCUT2D eigenvalue weighted by molar-refractivity contribution is 4.65. The molecule has 0 amide bonds. The van der Waals surface area contributed by atoms with E-state index in [2.05, 4.69) is 0 Å². The summed E-state index contributed by atoms with van der Waals surface area (Å²) in [6.07, 6.45) is 3.09. The predicted molar refractivity (Wildman–Crippen MR) is 48.0 cm³/mol. The van der Waals surface area contributed by atoms with Gasteiger partial charge in [-0.15, -0.1) is 0 Å². The summed E-state index contributed by atoms with van der Waals surface area (Å²) in [4.78, 5) is 0. The molecule has 1 N–H and O–H groups in total. The van der Waals surface area contributed by atoms with Crippen molar-refractivity contribution in [1.82, 2.24) is 0 Å². The van der Waals surface area contributed by atoms with Crippen LogP contribution in [-0.4, -0.2) is 31.7 Å². The zero-order chi connectivity index (χ0) is 9.45. The van der Waals surface area contributed by atoms with Gasteiger partial charge < -0.3 is 14.6 Å². The van der Waals surface area contributed by atoms with Crippen molar-refractivity contribution in [3.8, 4) is 0 Å². The standard InChI is InChI=1S/C9H20O3/c1-4-6-9(10,12-3)7-5-8-11-2/h10H,4-8H2,1-3H3. The average Bonchev–Trinajstić information content (AvgIpc) is 2.06.